The summed E-state index contributed by atoms with van der Waals surface area (Å²) in [6, 6.07) is 11.1. The number of sulfonamides is 1. The van der Waals surface area contributed by atoms with E-state index in [0.29, 0.717) is 16.7 Å². The maximum Gasteiger partial charge on any atom is 0.252 e. The van der Waals surface area contributed by atoms with Crippen molar-refractivity contribution in [3.05, 3.63) is 74.6 Å². The van der Waals surface area contributed by atoms with Gasteiger partial charge < -0.3 is 4.98 Å². The molecule has 0 aliphatic heterocycles. The van der Waals surface area contributed by atoms with Crippen LogP contribution >= 0.6 is 0 Å². The fourth-order valence-corrected chi connectivity index (χ4v) is 4.85. The van der Waals surface area contributed by atoms with Gasteiger partial charge in [-0.2, -0.15) is 0 Å². The summed E-state index contributed by atoms with van der Waals surface area (Å²) < 4.78 is 28.1. The number of para-hydroxylation sites is 1. The third-order valence-corrected chi connectivity index (χ3v) is 6.20. The predicted octanol–water partition coefficient (Wildman–Crippen LogP) is 3.24. The Hall–Kier alpha value is -2.44. The van der Waals surface area contributed by atoms with E-state index in [1.54, 1.807) is 19.9 Å². The predicted molar refractivity (Wildman–Crippen MR) is 104 cm³/mol. The van der Waals surface area contributed by atoms with Gasteiger partial charge in [0.15, 0.2) is 0 Å². The molecule has 0 fully saturated rings. The first kappa shape index (κ1) is 18.4. The fraction of sp³-hybridized carbons (Fsp3) is 0.250. The molecule has 0 aliphatic rings. The Morgan fingerprint density at radius 1 is 0.962 bits per heavy atom. The summed E-state index contributed by atoms with van der Waals surface area (Å²) in [5, 5.41) is 0.876. The van der Waals surface area contributed by atoms with E-state index in [0.717, 1.165) is 22.0 Å². The van der Waals surface area contributed by atoms with Crippen LogP contribution in [0.3, 0.4) is 0 Å². The lowest BCUT2D eigenvalue weighted by Gasteiger charge is -2.13. The molecule has 2 N–H and O–H groups in total. The molecule has 1 heterocycles. The number of aromatic nitrogens is 1. The standard InChI is InChI=1S/C20H22N2O3S/c1-12-8-14(3)19(15(4)9-12)26(24,25)21-11-17-10-16-7-5-6-13(2)18(16)22-20(17)23/h5-10,21H,11H2,1-4H3,(H,22,23). The van der Waals surface area contributed by atoms with Crippen LogP contribution in [0.25, 0.3) is 10.9 Å². The SMILES string of the molecule is Cc1cc(C)c(S(=O)(=O)NCc2cc3cccc(C)c3[nH]c2=O)c(C)c1. The van der Waals surface area contributed by atoms with Crippen LogP contribution in [0.4, 0.5) is 0 Å². The van der Waals surface area contributed by atoms with Gasteiger partial charge in [0.2, 0.25) is 10.0 Å². The molecule has 0 saturated heterocycles. The molecule has 6 heteroatoms. The van der Waals surface area contributed by atoms with Crippen LogP contribution in [0.5, 0.6) is 0 Å². The number of fused-ring (bicyclic) bond motifs is 1. The lowest BCUT2D eigenvalue weighted by Crippen LogP contribution is -2.28. The van der Waals surface area contributed by atoms with Crippen molar-refractivity contribution in [2.45, 2.75) is 39.1 Å². The van der Waals surface area contributed by atoms with Crippen LogP contribution in [0.2, 0.25) is 0 Å². The molecule has 0 bridgehead atoms. The number of hydrogen-bond acceptors (Lipinski definition) is 3. The van der Waals surface area contributed by atoms with Gasteiger partial charge in [-0.3, -0.25) is 4.79 Å². The first-order valence-electron chi connectivity index (χ1n) is 8.38. The molecule has 0 amide bonds. The Balaban J connectivity index is 1.95. The molecule has 2 aromatic carbocycles. The zero-order chi connectivity index (χ0) is 19.1. The molecule has 0 spiro atoms. The van der Waals surface area contributed by atoms with Crippen molar-refractivity contribution in [3.8, 4) is 0 Å². The molecule has 0 radical (unpaired) electrons. The zero-order valence-electron chi connectivity index (χ0n) is 15.3. The maximum atomic E-state index is 12.8. The van der Waals surface area contributed by atoms with Gasteiger partial charge in [0.1, 0.15) is 0 Å². The van der Waals surface area contributed by atoms with Gasteiger partial charge in [-0.1, -0.05) is 35.9 Å². The smallest absolute Gasteiger partial charge is 0.252 e. The Morgan fingerprint density at radius 3 is 2.27 bits per heavy atom. The van der Waals surface area contributed by atoms with Gasteiger partial charge in [0.05, 0.1) is 10.4 Å². The summed E-state index contributed by atoms with van der Waals surface area (Å²) in [7, 11) is -3.72. The molecule has 0 atom stereocenters. The van der Waals surface area contributed by atoms with Gasteiger partial charge in [-0.25, -0.2) is 13.1 Å². The first-order chi connectivity index (χ1) is 12.2. The molecule has 26 heavy (non-hydrogen) atoms. The van der Waals surface area contributed by atoms with E-state index >= 15 is 0 Å². The van der Waals surface area contributed by atoms with Crippen LogP contribution in [-0.4, -0.2) is 13.4 Å². The largest absolute Gasteiger partial charge is 0.321 e. The van der Waals surface area contributed by atoms with Crippen molar-refractivity contribution in [1.29, 1.82) is 0 Å². The third-order valence-electron chi connectivity index (χ3n) is 4.49. The number of rotatable bonds is 4. The summed E-state index contributed by atoms with van der Waals surface area (Å²) >= 11 is 0. The summed E-state index contributed by atoms with van der Waals surface area (Å²) in [6.07, 6.45) is 0. The minimum absolute atomic E-state index is 0.0612. The second-order valence-corrected chi connectivity index (χ2v) is 8.42. The lowest BCUT2D eigenvalue weighted by molar-refractivity contribution is 0.579. The van der Waals surface area contributed by atoms with E-state index in [4.69, 9.17) is 0 Å². The summed E-state index contributed by atoms with van der Waals surface area (Å²) in [6.45, 7) is 7.35. The fourth-order valence-electron chi connectivity index (χ4n) is 3.40. The van der Waals surface area contributed by atoms with Gasteiger partial charge in [0, 0.05) is 12.1 Å². The molecular formula is C20H22N2O3S. The summed E-state index contributed by atoms with van der Waals surface area (Å²) in [5.41, 5.74) is 4.24. The van der Waals surface area contributed by atoms with E-state index in [1.807, 2.05) is 44.2 Å². The van der Waals surface area contributed by atoms with E-state index in [9.17, 15) is 13.2 Å². The van der Waals surface area contributed by atoms with Crippen molar-refractivity contribution >= 4 is 20.9 Å². The molecule has 0 aliphatic carbocycles. The second kappa shape index (κ2) is 6.70. The molecule has 136 valence electrons. The van der Waals surface area contributed by atoms with Crippen LogP contribution < -0.4 is 10.3 Å². The van der Waals surface area contributed by atoms with Crippen LogP contribution in [0.15, 0.2) is 46.1 Å². The topological polar surface area (TPSA) is 79.0 Å². The average molecular weight is 370 g/mol. The number of pyridine rings is 1. The first-order valence-corrected chi connectivity index (χ1v) is 9.86. The van der Waals surface area contributed by atoms with E-state index in [1.165, 1.54) is 0 Å². The molecule has 1 aromatic heterocycles. The monoisotopic (exact) mass is 370 g/mol. The number of aryl methyl sites for hydroxylation is 4. The summed E-state index contributed by atoms with van der Waals surface area (Å²) in [5.74, 6) is 0. The van der Waals surface area contributed by atoms with Gasteiger partial charge >= 0.3 is 0 Å². The quantitative estimate of drug-likeness (QED) is 0.740. The Labute approximate surface area is 153 Å². The lowest BCUT2D eigenvalue weighted by atomic mass is 10.1. The highest BCUT2D eigenvalue weighted by atomic mass is 32.2. The Kier molecular flexibility index (Phi) is 4.73. The van der Waals surface area contributed by atoms with E-state index in [-0.39, 0.29) is 17.0 Å². The van der Waals surface area contributed by atoms with Crippen molar-refractivity contribution in [2.24, 2.45) is 0 Å². The van der Waals surface area contributed by atoms with Gasteiger partial charge in [-0.15, -0.1) is 0 Å². The van der Waals surface area contributed by atoms with Gasteiger partial charge in [-0.05, 0) is 55.8 Å². The molecule has 0 unspecified atom stereocenters. The van der Waals surface area contributed by atoms with Crippen molar-refractivity contribution in [2.75, 3.05) is 0 Å². The summed E-state index contributed by atoms with van der Waals surface area (Å²) in [4.78, 5) is 15.4. The highest BCUT2D eigenvalue weighted by Crippen LogP contribution is 2.22. The number of nitrogens with one attached hydrogen (secondary N) is 2. The molecule has 3 aromatic rings. The van der Waals surface area contributed by atoms with E-state index < -0.39 is 10.0 Å². The number of aromatic amines is 1. The highest BCUT2D eigenvalue weighted by molar-refractivity contribution is 7.89. The van der Waals surface area contributed by atoms with Crippen LogP contribution in [0.1, 0.15) is 27.8 Å². The Morgan fingerprint density at radius 2 is 1.62 bits per heavy atom. The normalized spacial score (nSPS) is 11.8. The third kappa shape index (κ3) is 3.43. The minimum Gasteiger partial charge on any atom is -0.321 e. The van der Waals surface area contributed by atoms with E-state index in [2.05, 4.69) is 9.71 Å². The van der Waals surface area contributed by atoms with Crippen LogP contribution in [-0.2, 0) is 16.6 Å². The molecule has 3 rings (SSSR count). The van der Waals surface area contributed by atoms with Crippen molar-refractivity contribution in [3.63, 3.8) is 0 Å². The maximum absolute atomic E-state index is 12.8. The molecule has 5 nitrogen and oxygen atoms in total. The number of benzene rings is 2. The Bertz CT molecular complexity index is 1140. The highest BCUT2D eigenvalue weighted by Gasteiger charge is 2.20. The van der Waals surface area contributed by atoms with Crippen molar-refractivity contribution < 1.29 is 8.42 Å². The van der Waals surface area contributed by atoms with Crippen molar-refractivity contribution in [1.82, 2.24) is 9.71 Å². The average Bonchev–Trinajstić information content (AvgIpc) is 2.52. The zero-order valence-corrected chi connectivity index (χ0v) is 16.1. The second-order valence-electron chi connectivity index (χ2n) is 6.72. The molecule has 0 saturated carbocycles. The number of H-pyrrole nitrogens is 1. The molecular weight excluding hydrogens is 348 g/mol. The van der Waals surface area contributed by atoms with Crippen LogP contribution in [0, 0.1) is 27.7 Å². The number of hydrogen-bond donors (Lipinski definition) is 2. The van der Waals surface area contributed by atoms with Gasteiger partial charge in [0.25, 0.3) is 5.56 Å². The minimum atomic E-state index is -3.72.